The summed E-state index contributed by atoms with van der Waals surface area (Å²) < 4.78 is 6.83. The molecule has 1 amide bonds. The lowest BCUT2D eigenvalue weighted by Crippen LogP contribution is -2.31. The van der Waals surface area contributed by atoms with Crippen LogP contribution in [-0.4, -0.2) is 22.1 Å². The third-order valence-electron chi connectivity index (χ3n) is 6.05. The molecule has 5 aromatic rings. The van der Waals surface area contributed by atoms with Gasteiger partial charge in [-0.3, -0.25) is 14.2 Å². The highest BCUT2D eigenvalue weighted by Crippen LogP contribution is 2.32. The van der Waals surface area contributed by atoms with Crippen molar-refractivity contribution in [2.24, 2.45) is 0 Å². The average Bonchev–Trinajstić information content (AvgIpc) is 3.35. The summed E-state index contributed by atoms with van der Waals surface area (Å²) in [6.45, 7) is 4.18. The molecule has 2 heterocycles. The molecule has 36 heavy (non-hydrogen) atoms. The number of thiophene rings is 1. The van der Waals surface area contributed by atoms with Crippen molar-refractivity contribution in [3.05, 3.63) is 101 Å². The number of anilines is 1. The topological polar surface area (TPSA) is 73.2 Å². The van der Waals surface area contributed by atoms with Crippen molar-refractivity contribution in [3.8, 4) is 28.0 Å². The summed E-state index contributed by atoms with van der Waals surface area (Å²) in [4.78, 5) is 31.6. The van der Waals surface area contributed by atoms with Gasteiger partial charge in [0.2, 0.25) is 5.91 Å². The molecule has 1 unspecified atom stereocenters. The van der Waals surface area contributed by atoms with Crippen molar-refractivity contribution in [2.75, 3.05) is 11.9 Å². The molecule has 5 rings (SSSR count). The van der Waals surface area contributed by atoms with E-state index >= 15 is 0 Å². The van der Waals surface area contributed by atoms with Crippen LogP contribution in [0, 0.1) is 0 Å². The van der Waals surface area contributed by atoms with E-state index in [0.29, 0.717) is 22.5 Å². The molecule has 0 bridgehead atoms. The summed E-state index contributed by atoms with van der Waals surface area (Å²) in [6.07, 6.45) is 1.45. The lowest BCUT2D eigenvalue weighted by molar-refractivity contribution is -0.118. The molecule has 0 aliphatic carbocycles. The van der Waals surface area contributed by atoms with Crippen LogP contribution in [0.4, 0.5) is 5.69 Å². The number of carbonyl (C=O) groups is 1. The minimum atomic E-state index is -0.742. The number of hydrogen-bond acceptors (Lipinski definition) is 5. The van der Waals surface area contributed by atoms with E-state index in [1.165, 1.54) is 22.2 Å². The summed E-state index contributed by atoms with van der Waals surface area (Å²) in [5, 5.41) is 5.34. The molecule has 0 saturated heterocycles. The maximum Gasteiger partial charge on any atom is 0.263 e. The SMILES string of the molecule is CCOc1ccc(NC(=O)C(C)n2cnc3scc(-c4ccc(-c5ccccc5)cc4)c3c2=O)cc1. The molecule has 0 fully saturated rings. The van der Waals surface area contributed by atoms with Crippen molar-refractivity contribution in [1.82, 2.24) is 9.55 Å². The molecule has 0 saturated carbocycles. The highest BCUT2D eigenvalue weighted by atomic mass is 32.1. The fourth-order valence-corrected chi connectivity index (χ4v) is 4.99. The van der Waals surface area contributed by atoms with Crippen LogP contribution >= 0.6 is 11.3 Å². The fraction of sp³-hybridized carbons (Fsp3) is 0.138. The van der Waals surface area contributed by atoms with Gasteiger partial charge in [0.1, 0.15) is 16.6 Å². The zero-order valence-corrected chi connectivity index (χ0v) is 20.8. The highest BCUT2D eigenvalue weighted by molar-refractivity contribution is 7.17. The minimum absolute atomic E-state index is 0.238. The Morgan fingerprint density at radius 2 is 1.64 bits per heavy atom. The van der Waals surface area contributed by atoms with Crippen LogP contribution in [-0.2, 0) is 4.79 Å². The number of aromatic nitrogens is 2. The van der Waals surface area contributed by atoms with Gasteiger partial charge in [0.15, 0.2) is 0 Å². The first-order chi connectivity index (χ1) is 17.5. The van der Waals surface area contributed by atoms with Gasteiger partial charge in [0, 0.05) is 16.6 Å². The second kappa shape index (κ2) is 10.2. The number of benzene rings is 3. The van der Waals surface area contributed by atoms with Crippen LogP contribution in [0.15, 0.2) is 95.4 Å². The fourth-order valence-electron chi connectivity index (χ4n) is 4.08. The number of amides is 1. The molecule has 0 aliphatic rings. The first-order valence-corrected chi connectivity index (χ1v) is 12.6. The Kier molecular flexibility index (Phi) is 6.64. The number of ether oxygens (including phenoxy) is 1. The number of carbonyl (C=O) groups excluding carboxylic acids is 1. The number of fused-ring (bicyclic) bond motifs is 1. The van der Waals surface area contributed by atoms with E-state index in [4.69, 9.17) is 4.74 Å². The molecular formula is C29H25N3O3S. The molecule has 0 radical (unpaired) electrons. The average molecular weight is 496 g/mol. The third kappa shape index (κ3) is 4.65. The summed E-state index contributed by atoms with van der Waals surface area (Å²) in [5.41, 5.74) is 4.39. The molecule has 3 aromatic carbocycles. The van der Waals surface area contributed by atoms with Gasteiger partial charge >= 0.3 is 0 Å². The first-order valence-electron chi connectivity index (χ1n) is 11.7. The normalized spacial score (nSPS) is 11.8. The second-order valence-electron chi connectivity index (χ2n) is 8.35. The van der Waals surface area contributed by atoms with Crippen LogP contribution in [0.25, 0.3) is 32.5 Å². The van der Waals surface area contributed by atoms with E-state index in [1.54, 1.807) is 31.2 Å². The monoisotopic (exact) mass is 495 g/mol. The maximum absolute atomic E-state index is 13.5. The number of nitrogens with zero attached hydrogens (tertiary/aromatic N) is 2. The van der Waals surface area contributed by atoms with Crippen molar-refractivity contribution in [2.45, 2.75) is 19.9 Å². The van der Waals surface area contributed by atoms with Gasteiger partial charge < -0.3 is 10.1 Å². The smallest absolute Gasteiger partial charge is 0.263 e. The van der Waals surface area contributed by atoms with E-state index in [0.717, 1.165) is 28.0 Å². The largest absolute Gasteiger partial charge is 0.494 e. The summed E-state index contributed by atoms with van der Waals surface area (Å²) in [6, 6.07) is 24.7. The number of rotatable bonds is 7. The molecular weight excluding hydrogens is 470 g/mol. The van der Waals surface area contributed by atoms with E-state index < -0.39 is 6.04 Å². The maximum atomic E-state index is 13.5. The molecule has 1 atom stereocenters. The molecule has 0 aliphatic heterocycles. The van der Waals surface area contributed by atoms with Gasteiger partial charge in [-0.2, -0.15) is 0 Å². The van der Waals surface area contributed by atoms with Gasteiger partial charge in [0.25, 0.3) is 5.56 Å². The van der Waals surface area contributed by atoms with Crippen LogP contribution in [0.3, 0.4) is 0 Å². The van der Waals surface area contributed by atoms with Crippen molar-refractivity contribution in [1.29, 1.82) is 0 Å². The molecule has 1 N–H and O–H groups in total. The van der Waals surface area contributed by atoms with E-state index in [2.05, 4.69) is 34.6 Å². The lowest BCUT2D eigenvalue weighted by atomic mass is 10.0. The molecule has 2 aromatic heterocycles. The van der Waals surface area contributed by atoms with Crippen LogP contribution in [0.1, 0.15) is 19.9 Å². The predicted octanol–water partition coefficient (Wildman–Crippen LogP) is 6.39. The second-order valence-corrected chi connectivity index (χ2v) is 9.21. The van der Waals surface area contributed by atoms with Crippen molar-refractivity contribution < 1.29 is 9.53 Å². The quantitative estimate of drug-likeness (QED) is 0.284. The van der Waals surface area contributed by atoms with Gasteiger partial charge in [0.05, 0.1) is 18.3 Å². The molecule has 0 spiro atoms. The Morgan fingerprint density at radius 1 is 0.972 bits per heavy atom. The highest BCUT2D eigenvalue weighted by Gasteiger charge is 2.20. The third-order valence-corrected chi connectivity index (χ3v) is 6.94. The Labute approximate surface area is 212 Å². The van der Waals surface area contributed by atoms with Gasteiger partial charge in [-0.1, -0.05) is 54.6 Å². The van der Waals surface area contributed by atoms with E-state index in [9.17, 15) is 9.59 Å². The first kappa shape index (κ1) is 23.5. The Morgan fingerprint density at radius 3 is 2.33 bits per heavy atom. The van der Waals surface area contributed by atoms with Crippen LogP contribution in [0.2, 0.25) is 0 Å². The predicted molar refractivity (Wildman–Crippen MR) is 146 cm³/mol. The lowest BCUT2D eigenvalue weighted by Gasteiger charge is -2.15. The summed E-state index contributed by atoms with van der Waals surface area (Å²) in [5.74, 6) is 0.433. The summed E-state index contributed by atoms with van der Waals surface area (Å²) >= 11 is 1.42. The van der Waals surface area contributed by atoms with Crippen LogP contribution in [0.5, 0.6) is 5.75 Å². The summed E-state index contributed by atoms with van der Waals surface area (Å²) in [7, 11) is 0. The Balaban J connectivity index is 1.42. The van der Waals surface area contributed by atoms with Gasteiger partial charge in [-0.05, 0) is 54.8 Å². The van der Waals surface area contributed by atoms with E-state index in [1.807, 2.05) is 42.6 Å². The minimum Gasteiger partial charge on any atom is -0.494 e. The van der Waals surface area contributed by atoms with Crippen molar-refractivity contribution in [3.63, 3.8) is 0 Å². The van der Waals surface area contributed by atoms with Crippen LogP contribution < -0.4 is 15.6 Å². The van der Waals surface area contributed by atoms with Gasteiger partial charge in [-0.15, -0.1) is 11.3 Å². The Bertz CT molecular complexity index is 1560. The zero-order valence-electron chi connectivity index (χ0n) is 20.0. The number of hydrogen-bond donors (Lipinski definition) is 1. The van der Waals surface area contributed by atoms with Crippen molar-refractivity contribution >= 4 is 33.1 Å². The Hall–Kier alpha value is -4.23. The molecule has 6 nitrogen and oxygen atoms in total. The zero-order chi connectivity index (χ0) is 25.1. The van der Waals surface area contributed by atoms with E-state index in [-0.39, 0.29) is 11.5 Å². The molecule has 180 valence electrons. The standard InChI is InChI=1S/C29H25N3O3S/c1-3-35-24-15-13-23(14-16-24)31-27(33)19(2)32-18-30-28-26(29(32)34)25(17-36-28)22-11-9-21(10-12-22)20-7-5-4-6-8-20/h4-19H,3H2,1-2H3,(H,31,33). The molecule has 7 heteroatoms. The van der Waals surface area contributed by atoms with Gasteiger partial charge in [-0.25, -0.2) is 4.98 Å². The number of nitrogens with one attached hydrogen (secondary N) is 1.